The summed E-state index contributed by atoms with van der Waals surface area (Å²) in [6, 6.07) is 16.3. The van der Waals surface area contributed by atoms with Crippen molar-refractivity contribution in [3.05, 3.63) is 84.0 Å². The van der Waals surface area contributed by atoms with E-state index in [1.807, 2.05) is 42.5 Å². The van der Waals surface area contributed by atoms with Gasteiger partial charge in [0, 0.05) is 17.2 Å². The topological polar surface area (TPSA) is 26.3 Å². The van der Waals surface area contributed by atoms with Gasteiger partial charge in [-0.1, -0.05) is 54.6 Å². The Hall–Kier alpha value is -2.61. The van der Waals surface area contributed by atoms with Crippen LogP contribution in [0, 0.1) is 0 Å². The molecule has 0 atom stereocenters. The number of ether oxygens (including phenoxy) is 1. The summed E-state index contributed by atoms with van der Waals surface area (Å²) < 4.78 is 5.85. The minimum atomic E-state index is -0.765. The first-order valence-electron chi connectivity index (χ1n) is 7.01. The Kier molecular flexibility index (Phi) is 2.43. The molecule has 1 spiro atoms. The van der Waals surface area contributed by atoms with Crippen molar-refractivity contribution in [2.75, 3.05) is 0 Å². The molecule has 0 fully saturated rings. The fraction of sp³-hybridized carbons (Fsp3) is 0.105. The molecule has 2 aromatic rings. The molecule has 2 aliphatic rings. The van der Waals surface area contributed by atoms with Gasteiger partial charge in [0.25, 0.3) is 0 Å². The van der Waals surface area contributed by atoms with Gasteiger partial charge in [-0.2, -0.15) is 0 Å². The molecule has 1 aliphatic heterocycles. The average molecular weight is 274 g/mol. The predicted molar refractivity (Wildman–Crippen MR) is 81.6 cm³/mol. The number of carbonyl (C=O) groups is 1. The summed E-state index contributed by atoms with van der Waals surface area (Å²) in [4.78, 5) is 12.0. The van der Waals surface area contributed by atoms with Crippen LogP contribution < -0.4 is 0 Å². The molecule has 1 heterocycles. The second-order valence-electron chi connectivity index (χ2n) is 5.36. The Bertz CT molecular complexity index is 753. The zero-order chi connectivity index (χ0) is 14.4. The molecule has 2 heteroatoms. The second-order valence-corrected chi connectivity index (χ2v) is 5.36. The van der Waals surface area contributed by atoms with Crippen LogP contribution in [0.3, 0.4) is 0 Å². The summed E-state index contributed by atoms with van der Waals surface area (Å²) >= 11 is 0. The Labute approximate surface area is 123 Å². The number of carbonyl (C=O) groups excluding carboxylic acids is 1. The van der Waals surface area contributed by atoms with Crippen LogP contribution in [0.15, 0.2) is 72.8 Å². The summed E-state index contributed by atoms with van der Waals surface area (Å²) in [6.45, 7) is 3.81. The zero-order valence-corrected chi connectivity index (χ0v) is 11.5. The molecule has 0 amide bonds. The number of fused-ring (bicyclic) bond motifs is 5. The van der Waals surface area contributed by atoms with Crippen LogP contribution in [0.2, 0.25) is 0 Å². The van der Waals surface area contributed by atoms with Crippen LogP contribution in [0.4, 0.5) is 0 Å². The van der Waals surface area contributed by atoms with Crippen LogP contribution in [-0.2, 0) is 15.1 Å². The lowest BCUT2D eigenvalue weighted by molar-refractivity contribution is -0.143. The number of allylic oxidation sites excluding steroid dienone is 1. The van der Waals surface area contributed by atoms with Crippen LogP contribution in [0.25, 0.3) is 11.1 Å². The first-order chi connectivity index (χ1) is 10.3. The number of benzene rings is 2. The van der Waals surface area contributed by atoms with E-state index in [2.05, 4.69) is 18.7 Å². The number of rotatable bonds is 2. The average Bonchev–Trinajstić information content (AvgIpc) is 2.98. The number of hydrogen-bond acceptors (Lipinski definition) is 2. The Morgan fingerprint density at radius 3 is 2.14 bits per heavy atom. The van der Waals surface area contributed by atoms with Crippen molar-refractivity contribution in [2.24, 2.45) is 0 Å². The highest BCUT2D eigenvalue weighted by molar-refractivity contribution is 5.92. The van der Waals surface area contributed by atoms with E-state index in [4.69, 9.17) is 4.74 Å². The molecule has 0 aromatic heterocycles. The van der Waals surface area contributed by atoms with E-state index in [9.17, 15) is 4.79 Å². The summed E-state index contributed by atoms with van der Waals surface area (Å²) in [5, 5.41) is 0. The van der Waals surface area contributed by atoms with Crippen molar-refractivity contribution in [2.45, 2.75) is 12.0 Å². The van der Waals surface area contributed by atoms with Crippen LogP contribution in [0.1, 0.15) is 17.5 Å². The standard InChI is InChI=1S/C19H14O2/c1-2-7-13-12-18(20)21-19(13)16-10-5-3-8-14(16)15-9-4-6-11-17(15)19/h2-6,8-12H,1,7H2. The van der Waals surface area contributed by atoms with Gasteiger partial charge in [0.2, 0.25) is 0 Å². The summed E-state index contributed by atoms with van der Waals surface area (Å²) in [5.74, 6) is -0.279. The van der Waals surface area contributed by atoms with E-state index in [0.717, 1.165) is 27.8 Å². The monoisotopic (exact) mass is 274 g/mol. The van der Waals surface area contributed by atoms with Gasteiger partial charge in [0.05, 0.1) is 0 Å². The molecule has 0 unspecified atom stereocenters. The molecule has 0 bridgehead atoms. The van der Waals surface area contributed by atoms with Gasteiger partial charge in [-0.25, -0.2) is 4.79 Å². The van der Waals surface area contributed by atoms with E-state index in [1.165, 1.54) is 0 Å². The molecule has 0 radical (unpaired) electrons. The number of esters is 1. The molecule has 21 heavy (non-hydrogen) atoms. The highest BCUT2D eigenvalue weighted by Crippen LogP contribution is 2.55. The fourth-order valence-electron chi connectivity index (χ4n) is 3.50. The lowest BCUT2D eigenvalue weighted by atomic mass is 9.83. The van der Waals surface area contributed by atoms with E-state index >= 15 is 0 Å². The maximum atomic E-state index is 12.0. The molecular formula is C19H14O2. The molecular weight excluding hydrogens is 260 g/mol. The molecule has 0 N–H and O–H groups in total. The van der Waals surface area contributed by atoms with Crippen molar-refractivity contribution in [3.8, 4) is 11.1 Å². The summed E-state index contributed by atoms with van der Waals surface area (Å²) in [7, 11) is 0. The minimum Gasteiger partial charge on any atom is -0.441 e. The smallest absolute Gasteiger partial charge is 0.332 e. The maximum Gasteiger partial charge on any atom is 0.332 e. The van der Waals surface area contributed by atoms with Crippen LogP contribution in [0.5, 0.6) is 0 Å². The van der Waals surface area contributed by atoms with Crippen LogP contribution in [-0.4, -0.2) is 5.97 Å². The lowest BCUT2D eigenvalue weighted by Gasteiger charge is -2.28. The Balaban J connectivity index is 2.07. The minimum absolute atomic E-state index is 0.279. The van der Waals surface area contributed by atoms with Gasteiger partial charge in [-0.05, 0) is 23.1 Å². The zero-order valence-electron chi connectivity index (χ0n) is 11.5. The quantitative estimate of drug-likeness (QED) is 0.612. The molecule has 2 aromatic carbocycles. The maximum absolute atomic E-state index is 12.0. The van der Waals surface area contributed by atoms with Crippen molar-refractivity contribution in [3.63, 3.8) is 0 Å². The van der Waals surface area contributed by atoms with E-state index in [1.54, 1.807) is 6.08 Å². The largest absolute Gasteiger partial charge is 0.441 e. The predicted octanol–water partition coefficient (Wildman–Crippen LogP) is 3.97. The summed E-state index contributed by atoms with van der Waals surface area (Å²) in [5.41, 5.74) is 4.56. The van der Waals surface area contributed by atoms with Gasteiger partial charge in [0.1, 0.15) is 0 Å². The highest BCUT2D eigenvalue weighted by atomic mass is 16.6. The van der Waals surface area contributed by atoms with Crippen molar-refractivity contribution in [1.29, 1.82) is 0 Å². The van der Waals surface area contributed by atoms with E-state index < -0.39 is 5.60 Å². The SMILES string of the molecule is C=CCC1=CC(=O)OC12c1ccccc1-c1ccccc12. The lowest BCUT2D eigenvalue weighted by Crippen LogP contribution is -2.28. The fourth-order valence-corrected chi connectivity index (χ4v) is 3.50. The third-order valence-corrected chi connectivity index (χ3v) is 4.27. The highest BCUT2D eigenvalue weighted by Gasteiger charge is 2.51. The Morgan fingerprint density at radius 1 is 1.00 bits per heavy atom. The van der Waals surface area contributed by atoms with Crippen LogP contribution >= 0.6 is 0 Å². The molecule has 102 valence electrons. The molecule has 0 saturated heterocycles. The molecule has 0 saturated carbocycles. The van der Waals surface area contributed by atoms with Gasteiger partial charge in [-0.3, -0.25) is 0 Å². The van der Waals surface area contributed by atoms with E-state index in [0.29, 0.717) is 6.42 Å². The van der Waals surface area contributed by atoms with Gasteiger partial charge >= 0.3 is 5.97 Å². The third kappa shape index (κ3) is 1.44. The first kappa shape index (κ1) is 12.2. The van der Waals surface area contributed by atoms with Crippen molar-refractivity contribution < 1.29 is 9.53 Å². The van der Waals surface area contributed by atoms with Gasteiger partial charge < -0.3 is 4.74 Å². The van der Waals surface area contributed by atoms with Gasteiger partial charge in [0.15, 0.2) is 5.60 Å². The molecule has 4 rings (SSSR count). The normalized spacial score (nSPS) is 17.1. The van der Waals surface area contributed by atoms with Crippen molar-refractivity contribution >= 4 is 5.97 Å². The first-order valence-corrected chi connectivity index (χ1v) is 7.01. The summed E-state index contributed by atoms with van der Waals surface area (Å²) in [6.07, 6.45) is 4.06. The third-order valence-electron chi connectivity index (χ3n) is 4.27. The molecule has 2 nitrogen and oxygen atoms in total. The number of hydrogen-bond donors (Lipinski definition) is 0. The van der Waals surface area contributed by atoms with E-state index in [-0.39, 0.29) is 5.97 Å². The second kappa shape index (κ2) is 4.19. The molecule has 1 aliphatic carbocycles. The van der Waals surface area contributed by atoms with Crippen molar-refractivity contribution in [1.82, 2.24) is 0 Å². The van der Waals surface area contributed by atoms with Gasteiger partial charge in [-0.15, -0.1) is 6.58 Å². The Morgan fingerprint density at radius 2 is 1.57 bits per heavy atom.